The van der Waals surface area contributed by atoms with E-state index in [1.165, 1.54) is 27.9 Å². The molecule has 1 aromatic heterocycles. The van der Waals surface area contributed by atoms with Crippen LogP contribution in [0, 0.1) is 27.7 Å². The number of rotatable bonds is 4. The molecular weight excluding hydrogens is 246 g/mol. The lowest BCUT2D eigenvalue weighted by Gasteiger charge is -2.13. The average Bonchev–Trinajstić information content (AvgIpc) is 2.68. The topological polar surface area (TPSA) is 29.9 Å². The first-order valence-corrected chi connectivity index (χ1v) is 7.22. The summed E-state index contributed by atoms with van der Waals surface area (Å²) in [6, 6.07) is 6.79. The Morgan fingerprint density at radius 3 is 2.30 bits per heavy atom. The van der Waals surface area contributed by atoms with Gasteiger partial charge in [-0.05, 0) is 58.4 Å². The van der Waals surface area contributed by atoms with Crippen LogP contribution in [0.5, 0.6) is 0 Å². The Bertz CT molecular complexity index is 591. The Kier molecular flexibility index (Phi) is 4.29. The van der Waals surface area contributed by atoms with Crippen LogP contribution in [-0.4, -0.2) is 16.8 Å². The third kappa shape index (κ3) is 2.63. The summed E-state index contributed by atoms with van der Waals surface area (Å²) in [5.74, 6) is 0. The fourth-order valence-electron chi connectivity index (χ4n) is 2.88. The lowest BCUT2D eigenvalue weighted by Crippen LogP contribution is -2.14. The van der Waals surface area contributed by atoms with Crippen LogP contribution in [-0.2, 0) is 6.54 Å². The van der Waals surface area contributed by atoms with Gasteiger partial charge in [-0.2, -0.15) is 5.10 Å². The van der Waals surface area contributed by atoms with Crippen molar-refractivity contribution in [2.75, 3.05) is 7.05 Å². The molecule has 0 saturated carbocycles. The van der Waals surface area contributed by atoms with Gasteiger partial charge in [-0.15, -0.1) is 0 Å². The Hall–Kier alpha value is -1.61. The van der Waals surface area contributed by atoms with Crippen LogP contribution in [0.3, 0.4) is 0 Å². The first-order valence-electron chi connectivity index (χ1n) is 7.22. The highest BCUT2D eigenvalue weighted by Crippen LogP contribution is 2.23. The Labute approximate surface area is 122 Å². The summed E-state index contributed by atoms with van der Waals surface area (Å²) < 4.78 is 2.13. The Morgan fingerprint density at radius 1 is 1.15 bits per heavy atom. The summed E-state index contributed by atoms with van der Waals surface area (Å²) in [6.07, 6.45) is 0. The van der Waals surface area contributed by atoms with Gasteiger partial charge in [0, 0.05) is 17.3 Å². The normalized spacial score (nSPS) is 12.7. The SMILES string of the molecule is CNC(C)c1c(C)nn(Cc2c(C)cccc2C)c1C. The molecule has 0 saturated heterocycles. The quantitative estimate of drug-likeness (QED) is 0.923. The molecule has 1 atom stereocenters. The number of nitrogens with one attached hydrogen (secondary N) is 1. The molecule has 0 aliphatic carbocycles. The van der Waals surface area contributed by atoms with Crippen molar-refractivity contribution in [3.63, 3.8) is 0 Å². The molecule has 0 spiro atoms. The lowest BCUT2D eigenvalue weighted by atomic mass is 10.0. The van der Waals surface area contributed by atoms with Crippen LogP contribution in [0.1, 0.15) is 46.6 Å². The van der Waals surface area contributed by atoms with Gasteiger partial charge < -0.3 is 5.32 Å². The van der Waals surface area contributed by atoms with E-state index in [1.54, 1.807) is 0 Å². The van der Waals surface area contributed by atoms with Crippen LogP contribution in [0.15, 0.2) is 18.2 Å². The van der Waals surface area contributed by atoms with Crippen molar-refractivity contribution in [3.8, 4) is 0 Å². The monoisotopic (exact) mass is 271 g/mol. The molecule has 1 heterocycles. The van der Waals surface area contributed by atoms with Crippen LogP contribution in [0.4, 0.5) is 0 Å². The minimum absolute atomic E-state index is 0.335. The van der Waals surface area contributed by atoms with Crippen molar-refractivity contribution < 1.29 is 0 Å². The number of benzene rings is 1. The van der Waals surface area contributed by atoms with E-state index in [2.05, 4.69) is 62.8 Å². The summed E-state index contributed by atoms with van der Waals surface area (Å²) in [5.41, 5.74) is 7.74. The highest BCUT2D eigenvalue weighted by Gasteiger charge is 2.17. The van der Waals surface area contributed by atoms with E-state index in [0.29, 0.717) is 6.04 Å². The van der Waals surface area contributed by atoms with E-state index in [1.807, 2.05) is 7.05 Å². The smallest absolute Gasteiger partial charge is 0.0667 e. The second-order valence-corrected chi connectivity index (χ2v) is 5.62. The van der Waals surface area contributed by atoms with Gasteiger partial charge in [-0.25, -0.2) is 0 Å². The Morgan fingerprint density at radius 2 is 1.75 bits per heavy atom. The van der Waals surface area contributed by atoms with E-state index in [0.717, 1.165) is 12.2 Å². The maximum Gasteiger partial charge on any atom is 0.0667 e. The van der Waals surface area contributed by atoms with E-state index < -0.39 is 0 Å². The molecule has 1 aromatic carbocycles. The predicted octanol–water partition coefficient (Wildman–Crippen LogP) is 3.45. The van der Waals surface area contributed by atoms with Crippen LogP contribution in [0.2, 0.25) is 0 Å². The molecule has 2 rings (SSSR count). The minimum Gasteiger partial charge on any atom is -0.313 e. The molecule has 108 valence electrons. The molecule has 0 aliphatic rings. The maximum atomic E-state index is 4.73. The van der Waals surface area contributed by atoms with Gasteiger partial charge in [0.05, 0.1) is 12.2 Å². The molecule has 1 N–H and O–H groups in total. The van der Waals surface area contributed by atoms with E-state index in [4.69, 9.17) is 5.10 Å². The molecule has 0 amide bonds. The van der Waals surface area contributed by atoms with Gasteiger partial charge in [0.1, 0.15) is 0 Å². The number of aromatic nitrogens is 2. The third-order valence-corrected chi connectivity index (χ3v) is 4.26. The molecule has 1 unspecified atom stereocenters. The Balaban J connectivity index is 2.40. The van der Waals surface area contributed by atoms with Crippen molar-refractivity contribution in [1.82, 2.24) is 15.1 Å². The molecule has 0 radical (unpaired) electrons. The fraction of sp³-hybridized carbons (Fsp3) is 0.471. The summed E-state index contributed by atoms with van der Waals surface area (Å²) in [4.78, 5) is 0. The van der Waals surface area contributed by atoms with E-state index >= 15 is 0 Å². The van der Waals surface area contributed by atoms with E-state index in [9.17, 15) is 0 Å². The van der Waals surface area contributed by atoms with Crippen LogP contribution in [0.25, 0.3) is 0 Å². The zero-order chi connectivity index (χ0) is 14.9. The van der Waals surface area contributed by atoms with Gasteiger partial charge >= 0.3 is 0 Å². The van der Waals surface area contributed by atoms with Gasteiger partial charge in [0.15, 0.2) is 0 Å². The van der Waals surface area contributed by atoms with Gasteiger partial charge in [-0.3, -0.25) is 4.68 Å². The average molecular weight is 271 g/mol. The first-order chi connectivity index (χ1) is 9.45. The van der Waals surface area contributed by atoms with Gasteiger partial charge in [-0.1, -0.05) is 18.2 Å². The standard InChI is InChI=1S/C17H25N3/c1-11-8-7-9-12(2)16(11)10-20-15(5)17(13(3)18-6)14(4)19-20/h7-9,13,18H,10H2,1-6H3. The van der Waals surface area contributed by atoms with Crippen molar-refractivity contribution in [1.29, 1.82) is 0 Å². The zero-order valence-electron chi connectivity index (χ0n) is 13.4. The van der Waals surface area contributed by atoms with Crippen LogP contribution >= 0.6 is 0 Å². The van der Waals surface area contributed by atoms with Crippen molar-refractivity contribution in [2.45, 2.75) is 47.2 Å². The highest BCUT2D eigenvalue weighted by molar-refractivity contribution is 5.35. The zero-order valence-corrected chi connectivity index (χ0v) is 13.4. The van der Waals surface area contributed by atoms with E-state index in [-0.39, 0.29) is 0 Å². The van der Waals surface area contributed by atoms with Gasteiger partial charge in [0.25, 0.3) is 0 Å². The molecule has 2 aromatic rings. The number of hydrogen-bond acceptors (Lipinski definition) is 2. The summed E-state index contributed by atoms with van der Waals surface area (Å²) in [5, 5.41) is 8.04. The summed E-state index contributed by atoms with van der Waals surface area (Å²) in [6.45, 7) is 11.6. The largest absolute Gasteiger partial charge is 0.313 e. The number of aryl methyl sites for hydroxylation is 3. The molecule has 3 heteroatoms. The predicted molar refractivity (Wildman–Crippen MR) is 84.2 cm³/mol. The molecule has 0 fully saturated rings. The molecule has 0 bridgehead atoms. The van der Waals surface area contributed by atoms with Crippen molar-refractivity contribution >= 4 is 0 Å². The molecular formula is C17H25N3. The number of nitrogens with zero attached hydrogens (tertiary/aromatic N) is 2. The molecule has 3 nitrogen and oxygen atoms in total. The van der Waals surface area contributed by atoms with Crippen LogP contribution < -0.4 is 5.32 Å². The van der Waals surface area contributed by atoms with Gasteiger partial charge in [0.2, 0.25) is 0 Å². The lowest BCUT2D eigenvalue weighted by molar-refractivity contribution is 0.631. The summed E-state index contributed by atoms with van der Waals surface area (Å²) in [7, 11) is 1.99. The second-order valence-electron chi connectivity index (χ2n) is 5.62. The fourth-order valence-corrected chi connectivity index (χ4v) is 2.88. The summed E-state index contributed by atoms with van der Waals surface area (Å²) >= 11 is 0. The first kappa shape index (κ1) is 14.8. The maximum absolute atomic E-state index is 4.73. The molecule has 20 heavy (non-hydrogen) atoms. The highest BCUT2D eigenvalue weighted by atomic mass is 15.3. The minimum atomic E-state index is 0.335. The number of hydrogen-bond donors (Lipinski definition) is 1. The van der Waals surface area contributed by atoms with Crippen molar-refractivity contribution in [2.24, 2.45) is 0 Å². The molecule has 0 aliphatic heterocycles. The van der Waals surface area contributed by atoms with Crippen molar-refractivity contribution in [3.05, 3.63) is 51.8 Å². The second kappa shape index (κ2) is 5.80. The third-order valence-electron chi connectivity index (χ3n) is 4.26.